The Morgan fingerprint density at radius 3 is 2.50 bits per heavy atom. The second kappa shape index (κ2) is 7.39. The van der Waals surface area contributed by atoms with Gasteiger partial charge >= 0.3 is 0 Å². The Hall–Kier alpha value is -1.06. The lowest BCUT2D eigenvalue weighted by molar-refractivity contribution is 0.0550. The molecule has 1 atom stereocenters. The number of phenolic OH excluding ortho intramolecular Hbond substituents is 1. The van der Waals surface area contributed by atoms with Crippen molar-refractivity contribution in [2.45, 2.75) is 39.3 Å². The van der Waals surface area contributed by atoms with Gasteiger partial charge in [0, 0.05) is 18.2 Å². The van der Waals surface area contributed by atoms with E-state index in [1.54, 1.807) is 6.07 Å². The van der Waals surface area contributed by atoms with Crippen molar-refractivity contribution in [2.75, 3.05) is 20.2 Å². The summed E-state index contributed by atoms with van der Waals surface area (Å²) in [6.07, 6.45) is 1.24. The summed E-state index contributed by atoms with van der Waals surface area (Å²) in [5.74, 6) is 0.376. The highest BCUT2D eigenvalue weighted by Gasteiger charge is 2.17. The van der Waals surface area contributed by atoms with E-state index in [2.05, 4.69) is 18.9 Å². The summed E-state index contributed by atoms with van der Waals surface area (Å²) in [5, 5.41) is 9.92. The molecular weight excluding hydrogens is 226 g/mol. The minimum Gasteiger partial charge on any atom is -0.508 e. The summed E-state index contributed by atoms with van der Waals surface area (Å²) in [5.41, 5.74) is 0.993. The van der Waals surface area contributed by atoms with E-state index in [4.69, 9.17) is 4.74 Å². The summed E-state index contributed by atoms with van der Waals surface area (Å²) >= 11 is 0. The number of aromatic hydroxyl groups is 1. The third-order valence-electron chi connectivity index (χ3n) is 3.11. The van der Waals surface area contributed by atoms with Crippen LogP contribution in [0.2, 0.25) is 0 Å². The van der Waals surface area contributed by atoms with Crippen molar-refractivity contribution in [1.29, 1.82) is 0 Å². The van der Waals surface area contributed by atoms with E-state index < -0.39 is 0 Å². The van der Waals surface area contributed by atoms with E-state index in [9.17, 15) is 5.11 Å². The average Bonchev–Trinajstić information content (AvgIpc) is 2.32. The standard InChI is InChI=1S/C15H25NO2/c1-5-14(13-8-6-7-9-15(13)17)16(4)10-11-18-12(2)3/h6-9,12,14,17H,5,10-11H2,1-4H3. The Morgan fingerprint density at radius 2 is 1.94 bits per heavy atom. The Morgan fingerprint density at radius 1 is 1.28 bits per heavy atom. The molecule has 1 N–H and O–H groups in total. The molecule has 0 heterocycles. The molecule has 0 aliphatic carbocycles. The van der Waals surface area contributed by atoms with Gasteiger partial charge in [-0.15, -0.1) is 0 Å². The van der Waals surface area contributed by atoms with Crippen molar-refractivity contribution >= 4 is 0 Å². The first-order valence-corrected chi connectivity index (χ1v) is 6.66. The zero-order chi connectivity index (χ0) is 13.5. The SMILES string of the molecule is CCC(c1ccccc1O)N(C)CCOC(C)C. The highest BCUT2D eigenvalue weighted by atomic mass is 16.5. The summed E-state index contributed by atoms with van der Waals surface area (Å²) in [6, 6.07) is 7.80. The van der Waals surface area contributed by atoms with Gasteiger partial charge in [-0.2, -0.15) is 0 Å². The quantitative estimate of drug-likeness (QED) is 0.807. The second-order valence-corrected chi connectivity index (χ2v) is 4.88. The fourth-order valence-electron chi connectivity index (χ4n) is 2.13. The summed E-state index contributed by atoms with van der Waals surface area (Å²) in [7, 11) is 2.07. The molecule has 0 aromatic heterocycles. The molecule has 1 rings (SSSR count). The van der Waals surface area contributed by atoms with Crippen LogP contribution in [0.25, 0.3) is 0 Å². The minimum atomic E-state index is 0.238. The van der Waals surface area contributed by atoms with Crippen molar-refractivity contribution in [1.82, 2.24) is 4.90 Å². The third kappa shape index (κ3) is 4.31. The maximum Gasteiger partial charge on any atom is 0.120 e. The van der Waals surface area contributed by atoms with Crippen molar-refractivity contribution in [3.05, 3.63) is 29.8 Å². The van der Waals surface area contributed by atoms with Gasteiger partial charge in [0.15, 0.2) is 0 Å². The monoisotopic (exact) mass is 251 g/mol. The van der Waals surface area contributed by atoms with E-state index in [0.29, 0.717) is 5.75 Å². The molecule has 0 fully saturated rings. The molecule has 1 aromatic rings. The number of nitrogens with zero attached hydrogens (tertiary/aromatic N) is 1. The molecule has 0 bridgehead atoms. The largest absolute Gasteiger partial charge is 0.508 e. The molecule has 3 heteroatoms. The average molecular weight is 251 g/mol. The molecule has 3 nitrogen and oxygen atoms in total. The summed E-state index contributed by atoms with van der Waals surface area (Å²) in [6.45, 7) is 7.81. The van der Waals surface area contributed by atoms with Crippen LogP contribution in [0.1, 0.15) is 38.8 Å². The lowest BCUT2D eigenvalue weighted by Gasteiger charge is -2.28. The number of rotatable bonds is 7. The van der Waals surface area contributed by atoms with Gasteiger partial charge in [-0.05, 0) is 33.4 Å². The van der Waals surface area contributed by atoms with E-state index in [-0.39, 0.29) is 12.1 Å². The molecule has 0 aliphatic heterocycles. The zero-order valence-corrected chi connectivity index (χ0v) is 11.9. The maximum atomic E-state index is 9.92. The smallest absolute Gasteiger partial charge is 0.120 e. The molecule has 0 spiro atoms. The summed E-state index contributed by atoms with van der Waals surface area (Å²) < 4.78 is 5.57. The van der Waals surface area contributed by atoms with E-state index in [1.807, 2.05) is 32.0 Å². The number of ether oxygens (including phenoxy) is 1. The van der Waals surface area contributed by atoms with Crippen molar-refractivity contribution in [3.8, 4) is 5.75 Å². The van der Waals surface area contributed by atoms with Crippen molar-refractivity contribution < 1.29 is 9.84 Å². The van der Waals surface area contributed by atoms with Crippen molar-refractivity contribution in [2.24, 2.45) is 0 Å². The molecule has 0 aliphatic rings. The first-order valence-electron chi connectivity index (χ1n) is 6.66. The number of hydrogen-bond acceptors (Lipinski definition) is 3. The first kappa shape index (κ1) is 15.0. The molecule has 0 saturated carbocycles. The molecule has 0 amide bonds. The molecule has 18 heavy (non-hydrogen) atoms. The molecule has 1 unspecified atom stereocenters. The maximum absolute atomic E-state index is 9.92. The normalized spacial score (nSPS) is 13.2. The van der Waals surface area contributed by atoms with Crippen LogP contribution in [0, 0.1) is 0 Å². The zero-order valence-electron chi connectivity index (χ0n) is 11.9. The van der Waals surface area contributed by atoms with Gasteiger partial charge in [-0.25, -0.2) is 0 Å². The fourth-order valence-corrected chi connectivity index (χ4v) is 2.13. The van der Waals surface area contributed by atoms with Crippen LogP contribution >= 0.6 is 0 Å². The van der Waals surface area contributed by atoms with Gasteiger partial charge in [0.05, 0.1) is 12.7 Å². The highest BCUT2D eigenvalue weighted by Crippen LogP contribution is 2.29. The molecule has 102 valence electrons. The second-order valence-electron chi connectivity index (χ2n) is 4.88. The molecular formula is C15H25NO2. The first-order chi connectivity index (χ1) is 8.56. The number of likely N-dealkylation sites (N-methyl/N-ethyl adjacent to an activating group) is 1. The predicted octanol–water partition coefficient (Wildman–Crippen LogP) is 3.20. The van der Waals surface area contributed by atoms with Gasteiger partial charge in [0.1, 0.15) is 5.75 Å². The van der Waals surface area contributed by atoms with E-state index in [0.717, 1.165) is 25.1 Å². The van der Waals surface area contributed by atoms with E-state index in [1.165, 1.54) is 0 Å². The van der Waals surface area contributed by atoms with Crippen LogP contribution in [0.4, 0.5) is 0 Å². The summed E-state index contributed by atoms with van der Waals surface area (Å²) in [4.78, 5) is 2.23. The van der Waals surface area contributed by atoms with E-state index >= 15 is 0 Å². The van der Waals surface area contributed by atoms with Crippen LogP contribution < -0.4 is 0 Å². The lowest BCUT2D eigenvalue weighted by atomic mass is 10.0. The van der Waals surface area contributed by atoms with Gasteiger partial charge in [0.2, 0.25) is 0 Å². The minimum absolute atomic E-state index is 0.238. The lowest BCUT2D eigenvalue weighted by Crippen LogP contribution is -2.28. The van der Waals surface area contributed by atoms with Crippen LogP contribution in [0.3, 0.4) is 0 Å². The number of hydrogen-bond donors (Lipinski definition) is 1. The number of para-hydroxylation sites is 1. The molecule has 0 radical (unpaired) electrons. The Balaban J connectivity index is 2.63. The Kier molecular flexibility index (Phi) is 6.16. The molecule has 0 saturated heterocycles. The number of benzene rings is 1. The predicted molar refractivity (Wildman–Crippen MR) is 74.9 cm³/mol. The highest BCUT2D eigenvalue weighted by molar-refractivity contribution is 5.34. The Labute approximate surface area is 110 Å². The van der Waals surface area contributed by atoms with Crippen LogP contribution in [-0.2, 0) is 4.74 Å². The van der Waals surface area contributed by atoms with Gasteiger partial charge in [0.25, 0.3) is 0 Å². The van der Waals surface area contributed by atoms with Crippen LogP contribution in [0.15, 0.2) is 24.3 Å². The third-order valence-corrected chi connectivity index (χ3v) is 3.11. The molecule has 1 aromatic carbocycles. The van der Waals surface area contributed by atoms with Crippen molar-refractivity contribution in [3.63, 3.8) is 0 Å². The number of phenols is 1. The topological polar surface area (TPSA) is 32.7 Å². The van der Waals surface area contributed by atoms with Crippen LogP contribution in [-0.4, -0.2) is 36.3 Å². The Bertz CT molecular complexity index is 352. The van der Waals surface area contributed by atoms with Gasteiger partial charge < -0.3 is 9.84 Å². The van der Waals surface area contributed by atoms with Crippen LogP contribution in [0.5, 0.6) is 5.75 Å². The fraction of sp³-hybridized carbons (Fsp3) is 0.600. The van der Waals surface area contributed by atoms with Gasteiger partial charge in [-0.3, -0.25) is 4.90 Å². The van der Waals surface area contributed by atoms with Gasteiger partial charge in [-0.1, -0.05) is 25.1 Å².